The van der Waals surface area contributed by atoms with E-state index in [1.54, 1.807) is 6.26 Å². The lowest BCUT2D eigenvalue weighted by Gasteiger charge is -2.33. The van der Waals surface area contributed by atoms with E-state index in [0.717, 1.165) is 42.8 Å². The van der Waals surface area contributed by atoms with Gasteiger partial charge in [0.2, 0.25) is 0 Å². The molecular formula is C14H19N3O. The molecule has 4 nitrogen and oxygen atoms in total. The number of nitrogens with one attached hydrogen (secondary N) is 2. The van der Waals surface area contributed by atoms with Crippen LogP contribution in [-0.2, 0) is 0 Å². The lowest BCUT2D eigenvalue weighted by molar-refractivity contribution is 0.209. The van der Waals surface area contributed by atoms with Gasteiger partial charge in [-0.1, -0.05) is 12.1 Å². The van der Waals surface area contributed by atoms with Gasteiger partial charge < -0.3 is 15.1 Å². The summed E-state index contributed by atoms with van der Waals surface area (Å²) in [5.74, 6) is 0. The Morgan fingerprint density at radius 1 is 1.44 bits per heavy atom. The Kier molecular flexibility index (Phi) is 3.21. The number of piperazine rings is 1. The number of hydrogen-bond acceptors (Lipinski definition) is 4. The van der Waals surface area contributed by atoms with Crippen LogP contribution in [0.1, 0.15) is 0 Å². The first-order valence-electron chi connectivity index (χ1n) is 6.45. The normalized spacial score (nSPS) is 21.3. The molecule has 0 radical (unpaired) electrons. The number of anilines is 1. The predicted octanol–water partition coefficient (Wildman–Crippen LogP) is 1.75. The summed E-state index contributed by atoms with van der Waals surface area (Å²) < 4.78 is 5.52. The Morgan fingerprint density at radius 2 is 2.33 bits per heavy atom. The largest absolute Gasteiger partial charge is 0.462 e. The molecule has 3 rings (SSSR count). The molecule has 1 unspecified atom stereocenters. The number of furan rings is 1. The molecule has 1 fully saturated rings. The van der Waals surface area contributed by atoms with E-state index < -0.39 is 0 Å². The van der Waals surface area contributed by atoms with Gasteiger partial charge in [-0.15, -0.1) is 0 Å². The number of nitrogens with zero attached hydrogens (tertiary/aromatic N) is 1. The molecule has 0 spiro atoms. The first kappa shape index (κ1) is 11.6. The second-order valence-corrected chi connectivity index (χ2v) is 4.86. The van der Waals surface area contributed by atoms with Crippen molar-refractivity contribution in [3.05, 3.63) is 30.5 Å². The van der Waals surface area contributed by atoms with Crippen LogP contribution in [0.2, 0.25) is 0 Å². The summed E-state index contributed by atoms with van der Waals surface area (Å²) >= 11 is 0. The highest BCUT2D eigenvalue weighted by Gasteiger charge is 2.18. The smallest absolute Gasteiger partial charge is 0.136 e. The van der Waals surface area contributed by atoms with Crippen molar-refractivity contribution >= 4 is 16.7 Å². The van der Waals surface area contributed by atoms with Crippen molar-refractivity contribution in [2.24, 2.45) is 0 Å². The third-order valence-electron chi connectivity index (χ3n) is 3.65. The molecule has 0 amide bonds. The second kappa shape index (κ2) is 5.00. The molecule has 2 aromatic rings. The standard InChI is InChI=1S/C14H19N3O/c1-17-7-6-15-8-11(17)9-16-13-10-18-14-5-3-2-4-12(13)14/h2-5,10-11,15-16H,6-9H2,1H3. The minimum Gasteiger partial charge on any atom is -0.462 e. The van der Waals surface area contributed by atoms with E-state index in [1.807, 2.05) is 18.2 Å². The van der Waals surface area contributed by atoms with E-state index in [0.29, 0.717) is 6.04 Å². The highest BCUT2D eigenvalue weighted by Crippen LogP contribution is 2.25. The second-order valence-electron chi connectivity index (χ2n) is 4.86. The van der Waals surface area contributed by atoms with Gasteiger partial charge in [0.1, 0.15) is 11.8 Å². The summed E-state index contributed by atoms with van der Waals surface area (Å²) in [7, 11) is 2.18. The number of fused-ring (bicyclic) bond motifs is 1. The van der Waals surface area contributed by atoms with Crippen LogP contribution in [0.25, 0.3) is 11.0 Å². The predicted molar refractivity (Wildman–Crippen MR) is 74.0 cm³/mol. The topological polar surface area (TPSA) is 40.4 Å². The molecule has 1 aromatic carbocycles. The molecule has 1 aliphatic rings. The quantitative estimate of drug-likeness (QED) is 0.864. The van der Waals surface area contributed by atoms with E-state index in [4.69, 9.17) is 4.42 Å². The maximum atomic E-state index is 5.52. The molecule has 1 atom stereocenters. The van der Waals surface area contributed by atoms with Gasteiger partial charge in [0, 0.05) is 37.6 Å². The summed E-state index contributed by atoms with van der Waals surface area (Å²) in [6.45, 7) is 4.17. The van der Waals surface area contributed by atoms with Gasteiger partial charge in [-0.3, -0.25) is 4.90 Å². The Hall–Kier alpha value is -1.52. The molecule has 0 aliphatic carbocycles. The molecule has 1 aromatic heterocycles. The van der Waals surface area contributed by atoms with E-state index in [1.165, 1.54) is 0 Å². The van der Waals surface area contributed by atoms with Gasteiger partial charge in [0.25, 0.3) is 0 Å². The van der Waals surface area contributed by atoms with Crippen molar-refractivity contribution in [2.75, 3.05) is 38.5 Å². The Bertz CT molecular complexity index is 522. The fourth-order valence-corrected chi connectivity index (χ4v) is 2.43. The molecule has 2 N–H and O–H groups in total. The average Bonchev–Trinajstić information content (AvgIpc) is 2.81. The highest BCUT2D eigenvalue weighted by atomic mass is 16.3. The van der Waals surface area contributed by atoms with E-state index in [-0.39, 0.29) is 0 Å². The summed E-state index contributed by atoms with van der Waals surface area (Å²) in [6.07, 6.45) is 1.81. The van der Waals surface area contributed by atoms with Gasteiger partial charge in [-0.2, -0.15) is 0 Å². The zero-order valence-electron chi connectivity index (χ0n) is 10.6. The minimum atomic E-state index is 0.535. The monoisotopic (exact) mass is 245 g/mol. The Balaban J connectivity index is 1.69. The van der Waals surface area contributed by atoms with E-state index in [2.05, 4.69) is 28.6 Å². The van der Waals surface area contributed by atoms with Crippen LogP contribution >= 0.6 is 0 Å². The molecule has 2 heterocycles. The first-order chi connectivity index (χ1) is 8.84. The van der Waals surface area contributed by atoms with Gasteiger partial charge in [-0.05, 0) is 19.2 Å². The van der Waals surface area contributed by atoms with Gasteiger partial charge >= 0.3 is 0 Å². The van der Waals surface area contributed by atoms with Crippen LogP contribution in [0.4, 0.5) is 5.69 Å². The van der Waals surface area contributed by atoms with Crippen LogP contribution in [0.3, 0.4) is 0 Å². The van der Waals surface area contributed by atoms with Gasteiger partial charge in [0.15, 0.2) is 0 Å². The third kappa shape index (κ3) is 2.21. The average molecular weight is 245 g/mol. The van der Waals surface area contributed by atoms with Crippen LogP contribution in [0, 0.1) is 0 Å². The summed E-state index contributed by atoms with van der Waals surface area (Å²) in [5, 5.41) is 8.08. The van der Waals surface area contributed by atoms with Crippen molar-refractivity contribution in [1.82, 2.24) is 10.2 Å². The van der Waals surface area contributed by atoms with Crippen molar-refractivity contribution in [1.29, 1.82) is 0 Å². The number of para-hydroxylation sites is 1. The maximum Gasteiger partial charge on any atom is 0.136 e. The lowest BCUT2D eigenvalue weighted by Crippen LogP contribution is -2.52. The van der Waals surface area contributed by atoms with Crippen LogP contribution in [0.15, 0.2) is 34.9 Å². The van der Waals surface area contributed by atoms with Crippen LogP contribution < -0.4 is 10.6 Å². The third-order valence-corrected chi connectivity index (χ3v) is 3.65. The molecule has 0 bridgehead atoms. The Morgan fingerprint density at radius 3 is 3.22 bits per heavy atom. The Labute approximate surface area is 107 Å². The number of rotatable bonds is 3. The lowest BCUT2D eigenvalue weighted by atomic mass is 10.2. The molecular weight excluding hydrogens is 226 g/mol. The number of likely N-dealkylation sites (N-methyl/N-ethyl adjacent to an activating group) is 1. The van der Waals surface area contributed by atoms with E-state index in [9.17, 15) is 0 Å². The molecule has 0 saturated carbocycles. The van der Waals surface area contributed by atoms with Crippen molar-refractivity contribution in [3.63, 3.8) is 0 Å². The van der Waals surface area contributed by atoms with Crippen LogP contribution in [-0.4, -0.2) is 44.2 Å². The molecule has 4 heteroatoms. The molecule has 96 valence electrons. The van der Waals surface area contributed by atoms with Crippen molar-refractivity contribution in [2.45, 2.75) is 6.04 Å². The molecule has 1 aliphatic heterocycles. The SMILES string of the molecule is CN1CCNCC1CNc1coc2ccccc12. The van der Waals surface area contributed by atoms with Crippen molar-refractivity contribution in [3.8, 4) is 0 Å². The maximum absolute atomic E-state index is 5.52. The number of hydrogen-bond donors (Lipinski definition) is 2. The summed E-state index contributed by atoms with van der Waals surface area (Å²) in [5.41, 5.74) is 2.03. The fourth-order valence-electron chi connectivity index (χ4n) is 2.43. The minimum absolute atomic E-state index is 0.535. The molecule has 18 heavy (non-hydrogen) atoms. The fraction of sp³-hybridized carbons (Fsp3) is 0.429. The highest BCUT2D eigenvalue weighted by molar-refractivity contribution is 5.90. The van der Waals surface area contributed by atoms with E-state index >= 15 is 0 Å². The zero-order valence-corrected chi connectivity index (χ0v) is 10.6. The van der Waals surface area contributed by atoms with Crippen LogP contribution in [0.5, 0.6) is 0 Å². The van der Waals surface area contributed by atoms with Gasteiger partial charge in [0.05, 0.1) is 5.69 Å². The first-order valence-corrected chi connectivity index (χ1v) is 6.45. The summed E-state index contributed by atoms with van der Waals surface area (Å²) in [4.78, 5) is 2.39. The zero-order chi connectivity index (χ0) is 12.4. The summed E-state index contributed by atoms with van der Waals surface area (Å²) in [6, 6.07) is 8.65. The van der Waals surface area contributed by atoms with Crippen molar-refractivity contribution < 1.29 is 4.42 Å². The molecule has 1 saturated heterocycles. The van der Waals surface area contributed by atoms with Gasteiger partial charge in [-0.25, -0.2) is 0 Å². The number of benzene rings is 1.